The third kappa shape index (κ3) is 5.10. The van der Waals surface area contributed by atoms with E-state index in [0.29, 0.717) is 23.0 Å². The van der Waals surface area contributed by atoms with Crippen molar-refractivity contribution in [3.63, 3.8) is 0 Å². The number of rotatable bonds is 7. The Hall–Kier alpha value is -0.620. The van der Waals surface area contributed by atoms with Crippen LogP contribution in [0.5, 0.6) is 0 Å². The zero-order valence-electron chi connectivity index (χ0n) is 11.3. The van der Waals surface area contributed by atoms with Crippen LogP contribution in [0.3, 0.4) is 0 Å². The smallest absolute Gasteiger partial charge is 0.240 e. The first-order valence-electron chi connectivity index (χ1n) is 6.35. The largest absolute Gasteiger partial charge is 0.326 e. The van der Waals surface area contributed by atoms with E-state index in [2.05, 4.69) is 18.6 Å². The van der Waals surface area contributed by atoms with Crippen LogP contribution in [0.1, 0.15) is 32.3 Å². The second-order valence-electron chi connectivity index (χ2n) is 4.89. The Labute approximate surface area is 120 Å². The molecule has 1 aromatic rings. The van der Waals surface area contributed by atoms with E-state index in [1.165, 1.54) is 12.1 Å². The van der Waals surface area contributed by atoms with Gasteiger partial charge in [0.1, 0.15) is 0 Å². The Morgan fingerprint density at radius 2 is 2.05 bits per heavy atom. The van der Waals surface area contributed by atoms with E-state index in [1.54, 1.807) is 6.07 Å². The highest BCUT2D eigenvalue weighted by Crippen LogP contribution is 2.20. The van der Waals surface area contributed by atoms with Crippen molar-refractivity contribution >= 4 is 21.6 Å². The minimum atomic E-state index is -3.47. The zero-order chi connectivity index (χ0) is 14.5. The maximum atomic E-state index is 12.1. The van der Waals surface area contributed by atoms with Crippen molar-refractivity contribution in [2.75, 3.05) is 6.54 Å². The molecule has 0 bridgehead atoms. The summed E-state index contributed by atoms with van der Waals surface area (Å²) in [5.41, 5.74) is 6.15. The fourth-order valence-corrected chi connectivity index (χ4v) is 2.99. The first-order valence-corrected chi connectivity index (χ1v) is 8.21. The molecule has 0 atom stereocenters. The monoisotopic (exact) mass is 304 g/mol. The maximum Gasteiger partial charge on any atom is 0.240 e. The molecule has 3 N–H and O–H groups in total. The lowest BCUT2D eigenvalue weighted by Gasteiger charge is -2.09. The fourth-order valence-electron chi connectivity index (χ4n) is 1.67. The molecule has 0 unspecified atom stereocenters. The minimum absolute atomic E-state index is 0.210. The average molecular weight is 305 g/mol. The third-order valence-electron chi connectivity index (χ3n) is 2.80. The summed E-state index contributed by atoms with van der Waals surface area (Å²) in [7, 11) is -3.47. The molecule has 0 aliphatic heterocycles. The molecule has 108 valence electrons. The molecule has 0 radical (unpaired) electrons. The van der Waals surface area contributed by atoms with Crippen molar-refractivity contribution in [2.45, 2.75) is 38.1 Å². The maximum absolute atomic E-state index is 12.1. The lowest BCUT2D eigenvalue weighted by atomic mass is 10.1. The number of hydrogen-bond acceptors (Lipinski definition) is 3. The van der Waals surface area contributed by atoms with Crippen LogP contribution >= 0.6 is 11.6 Å². The Morgan fingerprint density at radius 1 is 1.37 bits per heavy atom. The van der Waals surface area contributed by atoms with Crippen LogP contribution < -0.4 is 10.5 Å². The molecule has 0 fully saturated rings. The van der Waals surface area contributed by atoms with E-state index < -0.39 is 10.0 Å². The second-order valence-corrected chi connectivity index (χ2v) is 7.07. The van der Waals surface area contributed by atoms with Gasteiger partial charge in [0.25, 0.3) is 0 Å². The van der Waals surface area contributed by atoms with Gasteiger partial charge in [0.05, 0.1) is 4.90 Å². The Morgan fingerprint density at radius 3 is 2.63 bits per heavy atom. The number of halogens is 1. The fraction of sp³-hybridized carbons (Fsp3) is 0.538. The van der Waals surface area contributed by atoms with E-state index in [1.807, 2.05) is 0 Å². The summed E-state index contributed by atoms with van der Waals surface area (Å²) in [6.45, 7) is 4.89. The molecule has 0 aliphatic carbocycles. The summed E-state index contributed by atoms with van der Waals surface area (Å²) in [5, 5.41) is 0.487. The summed E-state index contributed by atoms with van der Waals surface area (Å²) < 4.78 is 26.7. The van der Waals surface area contributed by atoms with Gasteiger partial charge in [-0.3, -0.25) is 0 Å². The molecule has 0 saturated carbocycles. The molecule has 0 aliphatic rings. The van der Waals surface area contributed by atoms with E-state index in [9.17, 15) is 8.42 Å². The molecular weight excluding hydrogens is 284 g/mol. The molecular formula is C13H21ClN2O2S. The topological polar surface area (TPSA) is 72.2 Å². The summed E-state index contributed by atoms with van der Waals surface area (Å²) in [6, 6.07) is 4.58. The van der Waals surface area contributed by atoms with Crippen molar-refractivity contribution < 1.29 is 8.42 Å². The zero-order valence-corrected chi connectivity index (χ0v) is 12.9. The predicted octanol–water partition coefficient (Wildman–Crippen LogP) is 2.51. The molecule has 6 heteroatoms. The van der Waals surface area contributed by atoms with Gasteiger partial charge in [0.2, 0.25) is 10.0 Å². The van der Waals surface area contributed by atoms with Gasteiger partial charge in [0, 0.05) is 18.1 Å². The number of nitrogens with two attached hydrogens (primary N) is 1. The molecule has 1 aromatic carbocycles. The van der Waals surface area contributed by atoms with E-state index in [4.69, 9.17) is 17.3 Å². The Balaban J connectivity index is 2.72. The lowest BCUT2D eigenvalue weighted by Crippen LogP contribution is -2.25. The molecule has 0 saturated heterocycles. The summed E-state index contributed by atoms with van der Waals surface area (Å²) in [5.74, 6) is 0.573. The van der Waals surface area contributed by atoms with Crippen LogP contribution in [0.4, 0.5) is 0 Å². The summed E-state index contributed by atoms with van der Waals surface area (Å²) in [6.07, 6.45) is 1.82. The molecule has 0 heterocycles. The van der Waals surface area contributed by atoms with Crippen LogP contribution in [0.15, 0.2) is 23.1 Å². The summed E-state index contributed by atoms with van der Waals surface area (Å²) >= 11 is 5.91. The third-order valence-corrected chi connectivity index (χ3v) is 4.63. The average Bonchev–Trinajstić information content (AvgIpc) is 2.35. The van der Waals surface area contributed by atoms with E-state index in [0.717, 1.165) is 12.8 Å². The normalized spacial score (nSPS) is 12.1. The van der Waals surface area contributed by atoms with Crippen LogP contribution in [0, 0.1) is 5.92 Å². The van der Waals surface area contributed by atoms with Crippen molar-refractivity contribution in [3.05, 3.63) is 28.8 Å². The number of sulfonamides is 1. The molecule has 0 aromatic heterocycles. The first kappa shape index (κ1) is 16.4. The van der Waals surface area contributed by atoms with Crippen molar-refractivity contribution in [1.82, 2.24) is 4.72 Å². The van der Waals surface area contributed by atoms with Crippen molar-refractivity contribution in [3.8, 4) is 0 Å². The van der Waals surface area contributed by atoms with Gasteiger partial charge in [-0.15, -0.1) is 0 Å². The van der Waals surface area contributed by atoms with Gasteiger partial charge in [0.15, 0.2) is 0 Å². The SMILES string of the molecule is CC(C)CCCNS(=O)(=O)c1ccc(Cl)c(CN)c1. The Bertz CT molecular complexity index is 515. The molecule has 0 amide bonds. The minimum Gasteiger partial charge on any atom is -0.326 e. The van der Waals surface area contributed by atoms with E-state index >= 15 is 0 Å². The number of nitrogens with one attached hydrogen (secondary N) is 1. The quantitative estimate of drug-likeness (QED) is 0.760. The second kappa shape index (κ2) is 7.24. The van der Waals surface area contributed by atoms with Crippen LogP contribution in [-0.4, -0.2) is 15.0 Å². The van der Waals surface area contributed by atoms with Gasteiger partial charge in [-0.2, -0.15) is 0 Å². The van der Waals surface area contributed by atoms with Crippen LogP contribution in [-0.2, 0) is 16.6 Å². The van der Waals surface area contributed by atoms with Gasteiger partial charge in [-0.1, -0.05) is 25.4 Å². The van der Waals surface area contributed by atoms with Gasteiger partial charge < -0.3 is 5.73 Å². The predicted molar refractivity (Wildman–Crippen MR) is 78.6 cm³/mol. The number of hydrogen-bond donors (Lipinski definition) is 2. The molecule has 4 nitrogen and oxygen atoms in total. The van der Waals surface area contributed by atoms with Crippen molar-refractivity contribution in [2.24, 2.45) is 11.7 Å². The summed E-state index contributed by atoms with van der Waals surface area (Å²) in [4.78, 5) is 0.210. The number of benzene rings is 1. The lowest BCUT2D eigenvalue weighted by molar-refractivity contribution is 0.540. The highest BCUT2D eigenvalue weighted by Gasteiger charge is 2.14. The van der Waals surface area contributed by atoms with Crippen molar-refractivity contribution in [1.29, 1.82) is 0 Å². The molecule has 19 heavy (non-hydrogen) atoms. The highest BCUT2D eigenvalue weighted by molar-refractivity contribution is 7.89. The first-order chi connectivity index (χ1) is 8.86. The standard InChI is InChI=1S/C13H21ClN2O2S/c1-10(2)4-3-7-16-19(17,18)12-5-6-13(14)11(8-12)9-15/h5-6,8,10,16H,3-4,7,9,15H2,1-2H3. The van der Waals surface area contributed by atoms with E-state index in [-0.39, 0.29) is 11.4 Å². The van der Waals surface area contributed by atoms with Gasteiger partial charge in [-0.05, 0) is 42.5 Å². The highest BCUT2D eigenvalue weighted by atomic mass is 35.5. The van der Waals surface area contributed by atoms with Gasteiger partial charge in [-0.25, -0.2) is 13.1 Å². The van der Waals surface area contributed by atoms with Crippen LogP contribution in [0.2, 0.25) is 5.02 Å². The van der Waals surface area contributed by atoms with Crippen LogP contribution in [0.25, 0.3) is 0 Å². The Kier molecular flexibility index (Phi) is 6.26. The molecule has 0 spiro atoms. The molecule has 1 rings (SSSR count). The van der Waals surface area contributed by atoms with Gasteiger partial charge >= 0.3 is 0 Å².